The van der Waals surface area contributed by atoms with Gasteiger partial charge in [0.2, 0.25) is 0 Å². The minimum absolute atomic E-state index is 0.128. The molecule has 0 fully saturated rings. The number of fused-ring (bicyclic) bond motifs is 1. The molecule has 2 heterocycles. The van der Waals surface area contributed by atoms with Gasteiger partial charge in [0.15, 0.2) is 11.0 Å². The van der Waals surface area contributed by atoms with Crippen LogP contribution in [0.25, 0.3) is 22.3 Å². The summed E-state index contributed by atoms with van der Waals surface area (Å²) in [5.74, 6) is 2.55. The van der Waals surface area contributed by atoms with Crippen LogP contribution in [0, 0.1) is 6.92 Å². The quantitative estimate of drug-likeness (QED) is 0.524. The molecule has 4 rings (SSSR count). The summed E-state index contributed by atoms with van der Waals surface area (Å²) in [7, 11) is 3.54. The van der Waals surface area contributed by atoms with Crippen molar-refractivity contribution >= 4 is 22.7 Å². The van der Waals surface area contributed by atoms with Crippen molar-refractivity contribution in [3.63, 3.8) is 0 Å². The van der Waals surface area contributed by atoms with Crippen LogP contribution in [0.5, 0.6) is 5.75 Å². The first-order chi connectivity index (χ1) is 13.6. The number of hydrogen-bond acceptors (Lipinski definition) is 6. The number of aromatic nitrogens is 5. The molecule has 7 nitrogen and oxygen atoms in total. The Hall–Kier alpha value is -3.13. The Bertz CT molecular complexity index is 1210. The Morgan fingerprint density at radius 3 is 2.79 bits per heavy atom. The zero-order valence-corrected chi connectivity index (χ0v) is 16.6. The van der Waals surface area contributed by atoms with Crippen LogP contribution in [-0.2, 0) is 12.8 Å². The molecule has 0 saturated heterocycles. The van der Waals surface area contributed by atoms with E-state index in [2.05, 4.69) is 20.2 Å². The average molecular weight is 393 g/mol. The molecule has 28 heavy (non-hydrogen) atoms. The van der Waals surface area contributed by atoms with Crippen molar-refractivity contribution in [2.75, 3.05) is 7.11 Å². The summed E-state index contributed by atoms with van der Waals surface area (Å²) >= 11 is 1.47. The third-order valence-electron chi connectivity index (χ3n) is 4.51. The summed E-state index contributed by atoms with van der Waals surface area (Å²) in [5, 5.41) is 9.93. The first-order valence-electron chi connectivity index (χ1n) is 8.72. The summed E-state index contributed by atoms with van der Waals surface area (Å²) in [6.45, 7) is 1.95. The van der Waals surface area contributed by atoms with Crippen molar-refractivity contribution in [1.29, 1.82) is 0 Å². The van der Waals surface area contributed by atoms with Gasteiger partial charge in [-0.15, -0.1) is 10.2 Å². The minimum Gasteiger partial charge on any atom is -0.496 e. The van der Waals surface area contributed by atoms with E-state index in [1.54, 1.807) is 13.2 Å². The number of nitrogens with one attached hydrogen (secondary N) is 1. The molecule has 0 amide bonds. The Balaban J connectivity index is 1.62. The molecule has 142 valence electrons. The van der Waals surface area contributed by atoms with Crippen molar-refractivity contribution in [3.8, 4) is 17.1 Å². The number of aromatic amines is 1. The van der Waals surface area contributed by atoms with E-state index in [-0.39, 0.29) is 5.56 Å². The molecule has 0 bridgehead atoms. The van der Waals surface area contributed by atoms with E-state index >= 15 is 0 Å². The van der Waals surface area contributed by atoms with Gasteiger partial charge >= 0.3 is 0 Å². The van der Waals surface area contributed by atoms with Crippen molar-refractivity contribution in [1.82, 2.24) is 24.7 Å². The lowest BCUT2D eigenvalue weighted by molar-refractivity contribution is 0.416. The number of ether oxygens (including phenoxy) is 1. The summed E-state index contributed by atoms with van der Waals surface area (Å²) in [5.41, 5.74) is 2.46. The number of benzene rings is 2. The molecule has 4 aromatic rings. The first-order valence-corrected chi connectivity index (χ1v) is 9.71. The molecular formula is C20H19N5O2S. The second-order valence-corrected chi connectivity index (χ2v) is 7.28. The third-order valence-corrected chi connectivity index (χ3v) is 5.54. The maximum atomic E-state index is 12.3. The van der Waals surface area contributed by atoms with Crippen LogP contribution in [0.1, 0.15) is 11.4 Å². The van der Waals surface area contributed by atoms with Crippen molar-refractivity contribution in [2.24, 2.45) is 7.05 Å². The second-order valence-electron chi connectivity index (χ2n) is 6.34. The lowest BCUT2D eigenvalue weighted by Crippen LogP contribution is -2.12. The van der Waals surface area contributed by atoms with E-state index in [9.17, 15) is 4.79 Å². The predicted molar refractivity (Wildman–Crippen MR) is 110 cm³/mol. The average Bonchev–Trinajstić information content (AvgIpc) is 3.07. The number of methoxy groups -OCH3 is 1. The highest BCUT2D eigenvalue weighted by molar-refractivity contribution is 7.98. The minimum atomic E-state index is -0.128. The lowest BCUT2D eigenvalue weighted by atomic mass is 10.1. The number of nitrogens with zero attached hydrogens (tertiary/aromatic N) is 4. The monoisotopic (exact) mass is 393 g/mol. The van der Waals surface area contributed by atoms with Gasteiger partial charge in [-0.2, -0.15) is 0 Å². The number of hydrogen-bond donors (Lipinski definition) is 1. The van der Waals surface area contributed by atoms with E-state index in [1.165, 1.54) is 11.8 Å². The van der Waals surface area contributed by atoms with Gasteiger partial charge in [-0.25, -0.2) is 4.98 Å². The molecule has 0 radical (unpaired) electrons. The molecule has 8 heteroatoms. The number of thioether (sulfide) groups is 1. The van der Waals surface area contributed by atoms with Crippen molar-refractivity contribution in [2.45, 2.75) is 17.8 Å². The standard InChI is InChI=1S/C20H19N5O2S/c1-12-7-6-9-14-17(12)21-16(22-19(14)26)11-28-20-24-23-18(25(20)2)13-8-4-5-10-15(13)27-3/h4-10H,11H2,1-3H3,(H,21,22,26). The van der Waals surface area contributed by atoms with Crippen LogP contribution in [0.2, 0.25) is 0 Å². The van der Waals surface area contributed by atoms with Gasteiger partial charge in [-0.3, -0.25) is 4.79 Å². The zero-order valence-electron chi connectivity index (χ0n) is 15.8. The van der Waals surface area contributed by atoms with Gasteiger partial charge in [0.25, 0.3) is 5.56 Å². The Labute approximate surface area is 165 Å². The van der Waals surface area contributed by atoms with Crippen LogP contribution in [0.3, 0.4) is 0 Å². The predicted octanol–water partition coefficient (Wildman–Crippen LogP) is 3.33. The molecule has 1 N–H and O–H groups in total. The van der Waals surface area contributed by atoms with Gasteiger partial charge in [-0.1, -0.05) is 36.0 Å². The van der Waals surface area contributed by atoms with Crippen LogP contribution in [0.4, 0.5) is 0 Å². The smallest absolute Gasteiger partial charge is 0.258 e. The topological polar surface area (TPSA) is 85.7 Å². The number of para-hydroxylation sites is 2. The number of rotatable bonds is 5. The molecular weight excluding hydrogens is 374 g/mol. The summed E-state index contributed by atoms with van der Waals surface area (Å²) < 4.78 is 7.33. The molecule has 0 saturated carbocycles. The summed E-state index contributed by atoms with van der Waals surface area (Å²) in [6, 6.07) is 13.3. The number of aryl methyl sites for hydroxylation is 1. The van der Waals surface area contributed by atoms with Crippen molar-refractivity contribution < 1.29 is 4.74 Å². The molecule has 2 aromatic carbocycles. The normalized spacial score (nSPS) is 11.1. The van der Waals surface area contributed by atoms with Crippen LogP contribution < -0.4 is 10.3 Å². The maximum absolute atomic E-state index is 12.3. The fourth-order valence-electron chi connectivity index (χ4n) is 3.06. The van der Waals surface area contributed by atoms with Gasteiger partial charge < -0.3 is 14.3 Å². The number of H-pyrrole nitrogens is 1. The maximum Gasteiger partial charge on any atom is 0.258 e. The molecule has 0 unspecified atom stereocenters. The highest BCUT2D eigenvalue weighted by atomic mass is 32.2. The molecule has 0 aliphatic heterocycles. The van der Waals surface area contributed by atoms with E-state index in [1.807, 2.05) is 54.9 Å². The highest BCUT2D eigenvalue weighted by Crippen LogP contribution is 2.30. The van der Waals surface area contributed by atoms with E-state index in [0.717, 1.165) is 33.4 Å². The molecule has 0 spiro atoms. The summed E-state index contributed by atoms with van der Waals surface area (Å²) in [4.78, 5) is 19.8. The third kappa shape index (κ3) is 3.27. The molecule has 2 aromatic heterocycles. The first kappa shape index (κ1) is 18.2. The Morgan fingerprint density at radius 2 is 1.96 bits per heavy atom. The lowest BCUT2D eigenvalue weighted by Gasteiger charge is -2.08. The van der Waals surface area contributed by atoms with Gasteiger partial charge in [-0.05, 0) is 30.7 Å². The van der Waals surface area contributed by atoms with Gasteiger partial charge in [0.1, 0.15) is 11.6 Å². The SMILES string of the molecule is COc1ccccc1-c1nnc(SCc2nc3c(C)cccc3c(=O)[nH]2)n1C. The van der Waals surface area contributed by atoms with E-state index < -0.39 is 0 Å². The van der Waals surface area contributed by atoms with E-state index in [4.69, 9.17) is 4.74 Å². The van der Waals surface area contributed by atoms with Crippen molar-refractivity contribution in [3.05, 3.63) is 64.2 Å². The van der Waals surface area contributed by atoms with Crippen LogP contribution in [-0.4, -0.2) is 31.8 Å². The summed E-state index contributed by atoms with van der Waals surface area (Å²) in [6.07, 6.45) is 0. The molecule has 0 aliphatic carbocycles. The Morgan fingerprint density at radius 1 is 1.14 bits per heavy atom. The van der Waals surface area contributed by atoms with Crippen LogP contribution >= 0.6 is 11.8 Å². The fraction of sp³-hybridized carbons (Fsp3) is 0.200. The molecule has 0 atom stereocenters. The largest absolute Gasteiger partial charge is 0.496 e. The fourth-order valence-corrected chi connectivity index (χ4v) is 3.84. The zero-order chi connectivity index (χ0) is 19.7. The second kappa shape index (κ2) is 7.47. The van der Waals surface area contributed by atoms with Gasteiger partial charge in [0, 0.05) is 7.05 Å². The van der Waals surface area contributed by atoms with E-state index in [0.29, 0.717) is 17.0 Å². The van der Waals surface area contributed by atoms with Gasteiger partial charge in [0.05, 0.1) is 29.3 Å². The Kier molecular flexibility index (Phi) is 4.87. The van der Waals surface area contributed by atoms with Crippen LogP contribution in [0.15, 0.2) is 52.4 Å². The highest BCUT2D eigenvalue weighted by Gasteiger charge is 2.15. The molecule has 0 aliphatic rings.